The number of carbonyl (C=O) groups excluding carboxylic acids is 1. The molecule has 1 heterocycles. The van der Waals surface area contributed by atoms with Gasteiger partial charge in [0, 0.05) is 6.42 Å². The van der Waals surface area contributed by atoms with E-state index >= 15 is 0 Å². The standard InChI is InChI=1S/C13H18N2O2S/c1-2-10-9(5-8-17-10)11(16)15-13(12(14)18)6-3-4-7-13/h5,8H,2-4,6-7H2,1H3,(H2,14,18)(H,15,16). The Bertz CT molecular complexity index is 461. The number of aryl methyl sites for hydroxylation is 1. The maximum absolute atomic E-state index is 12.3. The highest BCUT2D eigenvalue weighted by molar-refractivity contribution is 7.80. The molecule has 1 aromatic rings. The second-order valence-corrected chi connectivity index (χ2v) is 5.16. The van der Waals surface area contributed by atoms with E-state index in [0.717, 1.165) is 25.7 Å². The molecule has 0 spiro atoms. The van der Waals surface area contributed by atoms with Crippen LogP contribution >= 0.6 is 12.2 Å². The molecule has 98 valence electrons. The lowest BCUT2D eigenvalue weighted by atomic mass is 9.97. The van der Waals surface area contributed by atoms with E-state index in [1.165, 1.54) is 6.26 Å². The molecule has 2 rings (SSSR count). The summed E-state index contributed by atoms with van der Waals surface area (Å²) in [5.41, 5.74) is 5.88. The van der Waals surface area contributed by atoms with Gasteiger partial charge in [0.1, 0.15) is 5.76 Å². The van der Waals surface area contributed by atoms with Gasteiger partial charge in [-0.25, -0.2) is 0 Å². The molecule has 1 amide bonds. The van der Waals surface area contributed by atoms with E-state index in [1.54, 1.807) is 6.07 Å². The van der Waals surface area contributed by atoms with Crippen LogP contribution in [0.1, 0.15) is 48.7 Å². The Kier molecular flexibility index (Phi) is 3.71. The number of hydrogen-bond donors (Lipinski definition) is 2. The second-order valence-electron chi connectivity index (χ2n) is 4.72. The molecule has 18 heavy (non-hydrogen) atoms. The van der Waals surface area contributed by atoms with Crippen LogP contribution in [0.2, 0.25) is 0 Å². The van der Waals surface area contributed by atoms with Crippen molar-refractivity contribution < 1.29 is 9.21 Å². The molecule has 0 radical (unpaired) electrons. The van der Waals surface area contributed by atoms with Crippen LogP contribution in [0, 0.1) is 0 Å². The Morgan fingerprint density at radius 3 is 2.78 bits per heavy atom. The quantitative estimate of drug-likeness (QED) is 0.820. The molecule has 5 heteroatoms. The third-order valence-corrected chi connectivity index (χ3v) is 3.98. The van der Waals surface area contributed by atoms with Crippen molar-refractivity contribution in [2.24, 2.45) is 5.73 Å². The predicted molar refractivity (Wildman–Crippen MR) is 73.5 cm³/mol. The fourth-order valence-corrected chi connectivity index (χ4v) is 2.77. The summed E-state index contributed by atoms with van der Waals surface area (Å²) in [7, 11) is 0. The molecule has 0 unspecified atom stereocenters. The van der Waals surface area contributed by atoms with E-state index < -0.39 is 5.54 Å². The summed E-state index contributed by atoms with van der Waals surface area (Å²) in [5, 5.41) is 3.00. The average Bonchev–Trinajstić information content (AvgIpc) is 2.97. The number of nitrogens with two attached hydrogens (primary N) is 1. The van der Waals surface area contributed by atoms with Crippen LogP contribution in [0.3, 0.4) is 0 Å². The van der Waals surface area contributed by atoms with Gasteiger partial charge < -0.3 is 15.5 Å². The highest BCUT2D eigenvalue weighted by atomic mass is 32.1. The van der Waals surface area contributed by atoms with Crippen LogP contribution in [0.25, 0.3) is 0 Å². The molecular weight excluding hydrogens is 248 g/mol. The molecule has 1 aliphatic rings. The normalized spacial score (nSPS) is 17.6. The third-order valence-electron chi connectivity index (χ3n) is 3.59. The monoisotopic (exact) mass is 266 g/mol. The lowest BCUT2D eigenvalue weighted by molar-refractivity contribution is 0.0922. The lowest BCUT2D eigenvalue weighted by Gasteiger charge is -2.29. The molecular formula is C13H18N2O2S. The minimum Gasteiger partial charge on any atom is -0.469 e. The first-order valence-electron chi connectivity index (χ1n) is 6.28. The molecule has 1 aromatic heterocycles. The zero-order chi connectivity index (χ0) is 13.2. The Morgan fingerprint density at radius 1 is 1.56 bits per heavy atom. The largest absolute Gasteiger partial charge is 0.469 e. The number of rotatable bonds is 4. The van der Waals surface area contributed by atoms with Crippen LogP contribution in [-0.4, -0.2) is 16.4 Å². The van der Waals surface area contributed by atoms with E-state index in [4.69, 9.17) is 22.4 Å². The van der Waals surface area contributed by atoms with Gasteiger partial charge in [-0.05, 0) is 18.9 Å². The topological polar surface area (TPSA) is 68.3 Å². The highest BCUT2D eigenvalue weighted by Crippen LogP contribution is 2.30. The van der Waals surface area contributed by atoms with Crippen molar-refractivity contribution in [1.29, 1.82) is 0 Å². The molecule has 0 bridgehead atoms. The second kappa shape index (κ2) is 5.10. The van der Waals surface area contributed by atoms with Crippen molar-refractivity contribution in [1.82, 2.24) is 5.32 Å². The van der Waals surface area contributed by atoms with Crippen LogP contribution in [-0.2, 0) is 6.42 Å². The molecule has 3 N–H and O–H groups in total. The minimum atomic E-state index is -0.505. The summed E-state index contributed by atoms with van der Waals surface area (Å²) >= 11 is 5.12. The number of amides is 1. The minimum absolute atomic E-state index is 0.143. The molecule has 1 aliphatic carbocycles. The maximum atomic E-state index is 12.3. The molecule has 0 aromatic carbocycles. The molecule has 0 aliphatic heterocycles. The zero-order valence-electron chi connectivity index (χ0n) is 10.5. The fourth-order valence-electron chi connectivity index (χ4n) is 2.51. The lowest BCUT2D eigenvalue weighted by Crippen LogP contribution is -2.54. The van der Waals surface area contributed by atoms with Gasteiger partial charge in [-0.1, -0.05) is 32.0 Å². The molecule has 4 nitrogen and oxygen atoms in total. The van der Waals surface area contributed by atoms with Crippen molar-refractivity contribution >= 4 is 23.1 Å². The fraction of sp³-hybridized carbons (Fsp3) is 0.538. The summed E-state index contributed by atoms with van der Waals surface area (Å²) in [6.45, 7) is 1.95. The summed E-state index contributed by atoms with van der Waals surface area (Å²) in [5.74, 6) is 0.555. The van der Waals surface area contributed by atoms with E-state index in [2.05, 4.69) is 5.32 Å². The Labute approximate surface area is 112 Å². The first-order valence-corrected chi connectivity index (χ1v) is 6.68. The molecule has 1 saturated carbocycles. The molecule has 0 saturated heterocycles. The Morgan fingerprint density at radius 2 is 2.22 bits per heavy atom. The predicted octanol–water partition coefficient (Wildman–Crippen LogP) is 2.17. The van der Waals surface area contributed by atoms with Crippen molar-refractivity contribution in [3.05, 3.63) is 23.7 Å². The molecule has 0 atom stereocenters. The summed E-state index contributed by atoms with van der Waals surface area (Å²) in [4.78, 5) is 12.6. The third kappa shape index (κ3) is 2.27. The Balaban J connectivity index is 2.18. The van der Waals surface area contributed by atoms with E-state index in [9.17, 15) is 4.79 Å². The van der Waals surface area contributed by atoms with Crippen LogP contribution in [0.15, 0.2) is 16.7 Å². The number of carbonyl (C=O) groups is 1. The maximum Gasteiger partial charge on any atom is 0.255 e. The van der Waals surface area contributed by atoms with E-state index in [1.807, 2.05) is 6.92 Å². The van der Waals surface area contributed by atoms with Gasteiger partial charge in [0.2, 0.25) is 0 Å². The van der Waals surface area contributed by atoms with Crippen molar-refractivity contribution in [2.75, 3.05) is 0 Å². The van der Waals surface area contributed by atoms with Gasteiger partial charge in [-0.3, -0.25) is 4.79 Å². The van der Waals surface area contributed by atoms with Crippen molar-refractivity contribution in [3.8, 4) is 0 Å². The average molecular weight is 266 g/mol. The van der Waals surface area contributed by atoms with Crippen LogP contribution in [0.4, 0.5) is 0 Å². The zero-order valence-corrected chi connectivity index (χ0v) is 11.3. The Hall–Kier alpha value is -1.36. The number of hydrogen-bond acceptors (Lipinski definition) is 3. The van der Waals surface area contributed by atoms with Crippen LogP contribution < -0.4 is 11.1 Å². The van der Waals surface area contributed by atoms with Crippen LogP contribution in [0.5, 0.6) is 0 Å². The summed E-state index contributed by atoms with van der Waals surface area (Å²) in [6.07, 6.45) is 5.97. The first kappa shape index (κ1) is 13.1. The number of nitrogens with one attached hydrogen (secondary N) is 1. The van der Waals surface area contributed by atoms with Gasteiger partial charge in [0.25, 0.3) is 5.91 Å². The van der Waals surface area contributed by atoms with E-state index in [-0.39, 0.29) is 5.91 Å². The molecule has 1 fully saturated rings. The summed E-state index contributed by atoms with van der Waals surface area (Å²) in [6, 6.07) is 1.69. The van der Waals surface area contributed by atoms with Crippen molar-refractivity contribution in [2.45, 2.75) is 44.6 Å². The highest BCUT2D eigenvalue weighted by Gasteiger charge is 2.38. The number of furan rings is 1. The van der Waals surface area contributed by atoms with Gasteiger partial charge >= 0.3 is 0 Å². The smallest absolute Gasteiger partial charge is 0.255 e. The van der Waals surface area contributed by atoms with Gasteiger partial charge in [-0.2, -0.15) is 0 Å². The number of thiocarbonyl (C=S) groups is 1. The van der Waals surface area contributed by atoms with Gasteiger partial charge in [0.15, 0.2) is 0 Å². The van der Waals surface area contributed by atoms with E-state index in [0.29, 0.717) is 22.7 Å². The van der Waals surface area contributed by atoms with Crippen molar-refractivity contribution in [3.63, 3.8) is 0 Å². The summed E-state index contributed by atoms with van der Waals surface area (Å²) < 4.78 is 5.27. The first-order chi connectivity index (χ1) is 8.59. The van der Waals surface area contributed by atoms with Gasteiger partial charge in [-0.15, -0.1) is 0 Å². The SMILES string of the molecule is CCc1occc1C(=O)NC1(C(N)=S)CCCC1. The van der Waals surface area contributed by atoms with Gasteiger partial charge in [0.05, 0.1) is 22.4 Å².